The third-order valence-corrected chi connectivity index (χ3v) is 4.71. The van der Waals surface area contributed by atoms with Gasteiger partial charge in [-0.15, -0.1) is 0 Å². The van der Waals surface area contributed by atoms with Gasteiger partial charge >= 0.3 is 11.9 Å². The molecule has 0 amide bonds. The van der Waals surface area contributed by atoms with Crippen molar-refractivity contribution in [2.24, 2.45) is 0 Å². The molecule has 2 rings (SSSR count). The summed E-state index contributed by atoms with van der Waals surface area (Å²) in [6.45, 7) is 9.49. The van der Waals surface area contributed by atoms with Gasteiger partial charge in [0, 0.05) is 24.0 Å². The molecule has 0 N–H and O–H groups in total. The lowest BCUT2D eigenvalue weighted by Crippen LogP contribution is -2.28. The Morgan fingerprint density at radius 3 is 1.61 bits per heavy atom. The first-order valence-corrected chi connectivity index (χ1v) is 12.1. The Hall–Kier alpha value is -4.19. The number of benzene rings is 2. The van der Waals surface area contributed by atoms with E-state index in [2.05, 4.69) is 0 Å². The van der Waals surface area contributed by atoms with Crippen molar-refractivity contribution >= 4 is 23.5 Å². The molecule has 0 aliphatic heterocycles. The van der Waals surface area contributed by atoms with Crippen molar-refractivity contribution < 1.29 is 38.1 Å². The zero-order valence-electron chi connectivity index (χ0n) is 22.6. The lowest BCUT2D eigenvalue weighted by Gasteiger charge is -2.21. The van der Waals surface area contributed by atoms with Crippen LogP contribution in [0.3, 0.4) is 0 Å². The molecule has 2 aromatic rings. The number of ether oxygens (including phenoxy) is 4. The molecule has 0 fully saturated rings. The average Bonchev–Trinajstić information content (AvgIpc) is 2.82. The van der Waals surface area contributed by atoms with E-state index in [9.17, 15) is 19.2 Å². The molecule has 0 bridgehead atoms. The van der Waals surface area contributed by atoms with Crippen LogP contribution in [0.25, 0.3) is 0 Å². The molecule has 9 heteroatoms. The fraction of sp³-hybridized carbons (Fsp3) is 0.414. The Kier molecular flexibility index (Phi) is 10.2. The van der Waals surface area contributed by atoms with Gasteiger partial charge in [-0.2, -0.15) is 5.26 Å². The van der Waals surface area contributed by atoms with E-state index in [1.807, 2.05) is 6.07 Å². The second-order valence-corrected chi connectivity index (χ2v) is 10.4. The minimum absolute atomic E-state index is 0.0320. The number of nitrogens with zero attached hydrogens (tertiary/aromatic N) is 1. The van der Waals surface area contributed by atoms with Gasteiger partial charge in [-0.1, -0.05) is 12.1 Å². The molecule has 9 nitrogen and oxygen atoms in total. The first-order chi connectivity index (χ1) is 17.7. The molecule has 0 atom stereocenters. The maximum absolute atomic E-state index is 12.8. The third kappa shape index (κ3) is 10.4. The van der Waals surface area contributed by atoms with Gasteiger partial charge in [0.2, 0.25) is 0 Å². The smallest absolute Gasteiger partial charge is 0.344 e. The zero-order chi connectivity index (χ0) is 28.5. The topological polar surface area (TPSA) is 129 Å². The highest BCUT2D eigenvalue weighted by Gasteiger charge is 2.21. The monoisotopic (exact) mass is 523 g/mol. The molecule has 0 aromatic heterocycles. The number of nitriles is 1. The summed E-state index contributed by atoms with van der Waals surface area (Å²) in [6.07, 6.45) is -0.0990. The second kappa shape index (κ2) is 12.9. The first kappa shape index (κ1) is 30.0. The molecule has 0 saturated heterocycles. The van der Waals surface area contributed by atoms with Gasteiger partial charge in [0.25, 0.3) is 0 Å². The van der Waals surface area contributed by atoms with Crippen molar-refractivity contribution in [2.45, 2.75) is 65.6 Å². The summed E-state index contributed by atoms with van der Waals surface area (Å²) in [7, 11) is 0. The lowest BCUT2D eigenvalue weighted by atomic mass is 10.0. The Bertz CT molecular complexity index is 1210. The largest absolute Gasteiger partial charge is 0.478 e. The van der Waals surface area contributed by atoms with Crippen molar-refractivity contribution in [2.75, 3.05) is 13.2 Å². The summed E-state index contributed by atoms with van der Waals surface area (Å²) < 4.78 is 21.6. The maximum Gasteiger partial charge on any atom is 0.344 e. The minimum Gasteiger partial charge on any atom is -0.478 e. The summed E-state index contributed by atoms with van der Waals surface area (Å²) >= 11 is 0. The van der Waals surface area contributed by atoms with E-state index in [4.69, 9.17) is 24.2 Å². The van der Waals surface area contributed by atoms with Gasteiger partial charge in [0.15, 0.2) is 36.3 Å². The quantitative estimate of drug-likeness (QED) is 0.300. The van der Waals surface area contributed by atoms with E-state index in [1.54, 1.807) is 65.8 Å². The molecule has 202 valence electrons. The van der Waals surface area contributed by atoms with Crippen molar-refractivity contribution in [3.05, 3.63) is 59.2 Å². The van der Waals surface area contributed by atoms with Crippen LogP contribution in [0.15, 0.2) is 42.5 Å². The highest BCUT2D eigenvalue weighted by molar-refractivity contribution is 6.02. The molecule has 0 spiro atoms. The van der Waals surface area contributed by atoms with Crippen LogP contribution in [0, 0.1) is 11.3 Å². The molecule has 0 aliphatic rings. The van der Waals surface area contributed by atoms with Crippen molar-refractivity contribution in [1.82, 2.24) is 0 Å². The summed E-state index contributed by atoms with van der Waals surface area (Å²) in [5, 5.41) is 8.89. The molecular formula is C29H33NO8. The number of ketones is 2. The van der Waals surface area contributed by atoms with Crippen molar-refractivity contribution in [3.8, 4) is 17.6 Å². The van der Waals surface area contributed by atoms with E-state index in [0.717, 1.165) is 0 Å². The minimum atomic E-state index is -0.713. The molecule has 2 aromatic carbocycles. The summed E-state index contributed by atoms with van der Waals surface area (Å²) in [4.78, 5) is 49.5. The summed E-state index contributed by atoms with van der Waals surface area (Å²) in [5.74, 6) is -1.60. The molecular weight excluding hydrogens is 490 g/mol. The van der Waals surface area contributed by atoms with E-state index in [1.165, 1.54) is 18.2 Å². The van der Waals surface area contributed by atoms with Crippen molar-refractivity contribution in [1.29, 1.82) is 5.26 Å². The van der Waals surface area contributed by atoms with Crippen LogP contribution in [0.1, 0.15) is 80.7 Å². The number of rotatable bonds is 11. The Morgan fingerprint density at radius 1 is 0.684 bits per heavy atom. The average molecular weight is 524 g/mol. The van der Waals surface area contributed by atoms with Crippen LogP contribution < -0.4 is 9.47 Å². The highest BCUT2D eigenvalue weighted by atomic mass is 16.6. The van der Waals surface area contributed by atoms with Crippen LogP contribution in [0.5, 0.6) is 11.5 Å². The fourth-order valence-electron chi connectivity index (χ4n) is 3.18. The molecule has 0 saturated carbocycles. The van der Waals surface area contributed by atoms with Crippen LogP contribution in [0.2, 0.25) is 0 Å². The maximum atomic E-state index is 12.8. The number of hydrogen-bond donors (Lipinski definition) is 0. The predicted octanol–water partition coefficient (Wildman–Crippen LogP) is 4.85. The normalized spacial score (nSPS) is 11.2. The number of esters is 2. The zero-order valence-corrected chi connectivity index (χ0v) is 22.6. The SMILES string of the molecule is CC(C)(C)OC(=O)COc1ccc(C(=O)CCC(=O)c2ccc(C#N)cc2)cc1OCC(=O)OC(C)(C)C. The number of carbonyl (C=O) groups is 4. The van der Waals surface area contributed by atoms with Crippen LogP contribution >= 0.6 is 0 Å². The lowest BCUT2D eigenvalue weighted by molar-refractivity contribution is -0.158. The first-order valence-electron chi connectivity index (χ1n) is 12.1. The Balaban J connectivity index is 2.14. The van der Waals surface area contributed by atoms with Gasteiger partial charge in [0.1, 0.15) is 11.2 Å². The van der Waals surface area contributed by atoms with Crippen LogP contribution in [-0.2, 0) is 19.1 Å². The third-order valence-electron chi connectivity index (χ3n) is 4.71. The highest BCUT2D eigenvalue weighted by Crippen LogP contribution is 2.30. The summed E-state index contributed by atoms with van der Waals surface area (Å²) in [6, 6.07) is 12.5. The molecule has 0 radical (unpaired) electrons. The molecule has 38 heavy (non-hydrogen) atoms. The number of carbonyl (C=O) groups excluding carboxylic acids is 4. The Labute approximate surface area is 222 Å². The molecule has 0 unspecified atom stereocenters. The molecule has 0 aliphatic carbocycles. The van der Waals surface area contributed by atoms with E-state index >= 15 is 0 Å². The van der Waals surface area contributed by atoms with Gasteiger partial charge in [0.05, 0.1) is 11.6 Å². The standard InChI is InChI=1S/C29H33NO8/c1-28(2,3)37-26(33)17-35-24-14-11-21(15-25(24)36-18-27(34)38-29(4,5)6)23(32)13-12-22(31)20-9-7-19(16-30)8-10-20/h7-11,14-15H,12-13,17-18H2,1-6H3. The van der Waals surface area contributed by atoms with E-state index < -0.39 is 36.4 Å². The van der Waals surface area contributed by atoms with Gasteiger partial charge in [-0.3, -0.25) is 9.59 Å². The van der Waals surface area contributed by atoms with E-state index in [0.29, 0.717) is 11.1 Å². The number of Topliss-reactive ketones (excluding diaryl/α,β-unsaturated/α-hetero) is 2. The van der Waals surface area contributed by atoms with Gasteiger partial charge < -0.3 is 18.9 Å². The van der Waals surface area contributed by atoms with Gasteiger partial charge in [-0.05, 0) is 71.9 Å². The molecule has 0 heterocycles. The van der Waals surface area contributed by atoms with Crippen molar-refractivity contribution in [3.63, 3.8) is 0 Å². The predicted molar refractivity (Wildman–Crippen MR) is 138 cm³/mol. The van der Waals surface area contributed by atoms with Crippen LogP contribution in [0.4, 0.5) is 0 Å². The summed E-state index contributed by atoms with van der Waals surface area (Å²) in [5.41, 5.74) is -0.325. The Morgan fingerprint density at radius 2 is 1.13 bits per heavy atom. The van der Waals surface area contributed by atoms with Gasteiger partial charge in [-0.25, -0.2) is 9.59 Å². The van der Waals surface area contributed by atoms with E-state index in [-0.39, 0.29) is 41.5 Å². The second-order valence-electron chi connectivity index (χ2n) is 10.4. The van der Waals surface area contributed by atoms with Crippen LogP contribution in [-0.4, -0.2) is 47.9 Å². The fourth-order valence-corrected chi connectivity index (χ4v) is 3.18. The number of hydrogen-bond acceptors (Lipinski definition) is 9.